The predicted octanol–water partition coefficient (Wildman–Crippen LogP) is 3.55. The molecule has 2 atom stereocenters. The minimum absolute atomic E-state index is 0.00760. The first-order chi connectivity index (χ1) is 11.3. The summed E-state index contributed by atoms with van der Waals surface area (Å²) in [6.45, 7) is 0. The summed E-state index contributed by atoms with van der Waals surface area (Å²) in [6.07, 6.45) is 5.80. The van der Waals surface area contributed by atoms with E-state index in [0.717, 1.165) is 29.5 Å². The lowest BCUT2D eigenvalue weighted by molar-refractivity contribution is 0.103. The van der Waals surface area contributed by atoms with E-state index in [4.69, 9.17) is 0 Å². The quantitative estimate of drug-likeness (QED) is 0.852. The standard InChI is InChI=1S/C20H20N2O/c23-19(14-8-2-1-3-9-14)15-10-4-5-11-16(15)20-21-17-12-6-7-13-18(17)22-20/h1-5,8-12,18,20-22H,6-7,13H2. The first kappa shape index (κ1) is 14.2. The molecule has 1 heterocycles. The van der Waals surface area contributed by atoms with Crippen molar-refractivity contribution in [3.63, 3.8) is 0 Å². The van der Waals surface area contributed by atoms with Crippen molar-refractivity contribution in [3.05, 3.63) is 83.1 Å². The largest absolute Gasteiger partial charge is 0.368 e. The zero-order valence-electron chi connectivity index (χ0n) is 13.0. The predicted molar refractivity (Wildman–Crippen MR) is 91.1 cm³/mol. The molecule has 23 heavy (non-hydrogen) atoms. The lowest BCUT2D eigenvalue weighted by Gasteiger charge is -2.17. The van der Waals surface area contributed by atoms with E-state index in [1.807, 2.05) is 54.6 Å². The SMILES string of the molecule is O=C(c1ccccc1)c1ccccc1C1NC2=CCCCC2N1. The summed E-state index contributed by atoms with van der Waals surface area (Å²) in [5.41, 5.74) is 3.80. The lowest BCUT2D eigenvalue weighted by Crippen LogP contribution is -2.27. The van der Waals surface area contributed by atoms with Crippen LogP contribution in [0.1, 0.15) is 46.9 Å². The highest BCUT2D eigenvalue weighted by molar-refractivity contribution is 6.10. The summed E-state index contributed by atoms with van der Waals surface area (Å²) in [4.78, 5) is 12.9. The molecule has 0 radical (unpaired) electrons. The van der Waals surface area contributed by atoms with Crippen molar-refractivity contribution in [2.24, 2.45) is 0 Å². The summed E-state index contributed by atoms with van der Waals surface area (Å²) in [5.74, 6) is 0.0775. The second kappa shape index (κ2) is 6.01. The molecule has 0 spiro atoms. The van der Waals surface area contributed by atoms with Crippen LogP contribution in [0.2, 0.25) is 0 Å². The molecule has 0 aromatic heterocycles. The summed E-state index contributed by atoms with van der Waals surface area (Å²) in [6, 6.07) is 17.8. The Morgan fingerprint density at radius 1 is 1.00 bits per heavy atom. The number of benzene rings is 2. The van der Waals surface area contributed by atoms with Crippen LogP contribution in [0.25, 0.3) is 0 Å². The molecular weight excluding hydrogens is 284 g/mol. The van der Waals surface area contributed by atoms with Gasteiger partial charge in [0.15, 0.2) is 5.78 Å². The van der Waals surface area contributed by atoms with Gasteiger partial charge in [0, 0.05) is 22.9 Å². The first-order valence-electron chi connectivity index (χ1n) is 8.24. The van der Waals surface area contributed by atoms with Crippen molar-refractivity contribution in [1.29, 1.82) is 0 Å². The topological polar surface area (TPSA) is 41.1 Å². The lowest BCUT2D eigenvalue weighted by atomic mass is 9.97. The van der Waals surface area contributed by atoms with Crippen LogP contribution in [0.4, 0.5) is 0 Å². The molecule has 1 fully saturated rings. The van der Waals surface area contributed by atoms with Crippen molar-refractivity contribution in [2.75, 3.05) is 0 Å². The van der Waals surface area contributed by atoms with Gasteiger partial charge in [-0.05, 0) is 24.8 Å². The Morgan fingerprint density at radius 2 is 1.78 bits per heavy atom. The Morgan fingerprint density at radius 3 is 2.61 bits per heavy atom. The maximum atomic E-state index is 12.9. The molecule has 2 N–H and O–H groups in total. The molecule has 4 rings (SSSR count). The third-order valence-electron chi connectivity index (χ3n) is 4.67. The fourth-order valence-electron chi connectivity index (χ4n) is 3.49. The highest BCUT2D eigenvalue weighted by Crippen LogP contribution is 2.29. The van der Waals surface area contributed by atoms with Crippen LogP contribution in [0, 0.1) is 0 Å². The Bertz CT molecular complexity index is 751. The third kappa shape index (κ3) is 2.68. The van der Waals surface area contributed by atoms with Gasteiger partial charge in [-0.25, -0.2) is 0 Å². The van der Waals surface area contributed by atoms with E-state index in [-0.39, 0.29) is 11.9 Å². The van der Waals surface area contributed by atoms with Crippen LogP contribution in [0.5, 0.6) is 0 Å². The number of rotatable bonds is 3. The molecule has 0 amide bonds. The summed E-state index contributed by atoms with van der Waals surface area (Å²) >= 11 is 0. The average Bonchev–Trinajstić information content (AvgIpc) is 3.06. The van der Waals surface area contributed by atoms with Gasteiger partial charge < -0.3 is 5.32 Å². The van der Waals surface area contributed by atoms with Crippen LogP contribution in [-0.2, 0) is 0 Å². The minimum atomic E-state index is 0.00760. The van der Waals surface area contributed by atoms with Gasteiger partial charge in [0.1, 0.15) is 6.17 Å². The van der Waals surface area contributed by atoms with E-state index in [1.165, 1.54) is 12.1 Å². The molecule has 3 nitrogen and oxygen atoms in total. The smallest absolute Gasteiger partial charge is 0.193 e. The van der Waals surface area contributed by atoms with Crippen molar-refractivity contribution in [2.45, 2.75) is 31.5 Å². The van der Waals surface area contributed by atoms with Crippen molar-refractivity contribution in [3.8, 4) is 0 Å². The van der Waals surface area contributed by atoms with E-state index < -0.39 is 0 Å². The van der Waals surface area contributed by atoms with Gasteiger partial charge in [-0.15, -0.1) is 0 Å². The van der Waals surface area contributed by atoms with Crippen molar-refractivity contribution in [1.82, 2.24) is 10.6 Å². The van der Waals surface area contributed by atoms with Crippen LogP contribution in [-0.4, -0.2) is 11.8 Å². The maximum absolute atomic E-state index is 12.9. The highest BCUT2D eigenvalue weighted by atomic mass is 16.1. The molecule has 2 aromatic rings. The van der Waals surface area contributed by atoms with Gasteiger partial charge in [0.05, 0.1) is 0 Å². The fraction of sp³-hybridized carbons (Fsp3) is 0.250. The van der Waals surface area contributed by atoms with Gasteiger partial charge in [0.2, 0.25) is 0 Å². The molecule has 116 valence electrons. The molecule has 2 unspecified atom stereocenters. The second-order valence-electron chi connectivity index (χ2n) is 6.17. The van der Waals surface area contributed by atoms with Crippen molar-refractivity contribution < 1.29 is 4.79 Å². The van der Waals surface area contributed by atoms with Crippen molar-refractivity contribution >= 4 is 5.78 Å². The number of carbonyl (C=O) groups excluding carboxylic acids is 1. The maximum Gasteiger partial charge on any atom is 0.193 e. The number of carbonyl (C=O) groups is 1. The number of ketones is 1. The molecule has 2 aromatic carbocycles. The Kier molecular flexibility index (Phi) is 3.72. The number of hydrogen-bond donors (Lipinski definition) is 2. The van der Waals surface area contributed by atoms with Crippen LogP contribution >= 0.6 is 0 Å². The summed E-state index contributed by atoms with van der Waals surface area (Å²) in [7, 11) is 0. The first-order valence-corrected chi connectivity index (χ1v) is 8.24. The molecule has 3 heteroatoms. The van der Waals surface area contributed by atoms with E-state index in [9.17, 15) is 4.79 Å². The van der Waals surface area contributed by atoms with E-state index in [2.05, 4.69) is 16.7 Å². The highest BCUT2D eigenvalue weighted by Gasteiger charge is 2.31. The number of hydrogen-bond acceptors (Lipinski definition) is 3. The Hall–Kier alpha value is -2.39. The Labute approximate surface area is 136 Å². The fourth-order valence-corrected chi connectivity index (χ4v) is 3.49. The van der Waals surface area contributed by atoms with Gasteiger partial charge in [-0.1, -0.05) is 60.7 Å². The zero-order valence-corrected chi connectivity index (χ0v) is 13.0. The van der Waals surface area contributed by atoms with E-state index in [0.29, 0.717) is 6.04 Å². The number of nitrogens with one attached hydrogen (secondary N) is 2. The van der Waals surface area contributed by atoms with Crippen LogP contribution < -0.4 is 10.6 Å². The summed E-state index contributed by atoms with van der Waals surface area (Å²) < 4.78 is 0. The molecule has 1 aliphatic carbocycles. The zero-order chi connectivity index (χ0) is 15.6. The van der Waals surface area contributed by atoms with E-state index >= 15 is 0 Å². The molecule has 0 saturated carbocycles. The number of allylic oxidation sites excluding steroid dienone is 1. The van der Waals surface area contributed by atoms with Gasteiger partial charge >= 0.3 is 0 Å². The molecule has 1 aliphatic heterocycles. The second-order valence-corrected chi connectivity index (χ2v) is 6.17. The van der Waals surface area contributed by atoms with Crippen LogP contribution in [0.15, 0.2) is 66.4 Å². The van der Waals surface area contributed by atoms with Gasteiger partial charge in [-0.3, -0.25) is 10.1 Å². The Balaban J connectivity index is 1.67. The minimum Gasteiger partial charge on any atom is -0.368 e. The molecule has 2 aliphatic rings. The van der Waals surface area contributed by atoms with Crippen LogP contribution in [0.3, 0.4) is 0 Å². The van der Waals surface area contributed by atoms with Gasteiger partial charge in [0.25, 0.3) is 0 Å². The third-order valence-corrected chi connectivity index (χ3v) is 4.67. The molecule has 0 bridgehead atoms. The molecular formula is C20H20N2O. The number of fused-ring (bicyclic) bond motifs is 1. The molecule has 1 saturated heterocycles. The van der Waals surface area contributed by atoms with Gasteiger partial charge in [-0.2, -0.15) is 0 Å². The normalized spacial score (nSPS) is 22.9. The summed E-state index contributed by atoms with van der Waals surface area (Å²) in [5, 5.41) is 7.18. The monoisotopic (exact) mass is 304 g/mol. The average molecular weight is 304 g/mol. The van der Waals surface area contributed by atoms with E-state index in [1.54, 1.807) is 0 Å².